The summed E-state index contributed by atoms with van der Waals surface area (Å²) >= 11 is 3.43. The molecule has 1 aliphatic rings. The molecule has 0 aliphatic carbocycles. The summed E-state index contributed by atoms with van der Waals surface area (Å²) in [5.41, 5.74) is 7.72. The van der Waals surface area contributed by atoms with Crippen molar-refractivity contribution in [2.45, 2.75) is 24.7 Å². The van der Waals surface area contributed by atoms with Gasteiger partial charge in [0.05, 0.1) is 5.52 Å². The summed E-state index contributed by atoms with van der Waals surface area (Å²) < 4.78 is 44.5. The summed E-state index contributed by atoms with van der Waals surface area (Å²) in [4.78, 5) is 6.03. The first-order chi connectivity index (χ1) is 14.8. The minimum Gasteiger partial charge on any atom is -0.326 e. The van der Waals surface area contributed by atoms with Gasteiger partial charge in [0.25, 0.3) is 0 Å². The molecule has 10 heteroatoms. The molecular weight excluding hydrogens is 473 g/mol. The Morgan fingerprint density at radius 2 is 1.90 bits per heavy atom. The number of hydrogen-bond donors (Lipinski definition) is 1. The van der Waals surface area contributed by atoms with Crippen molar-refractivity contribution in [3.05, 3.63) is 58.7 Å². The van der Waals surface area contributed by atoms with E-state index in [9.17, 15) is 13.2 Å². The Kier molecular flexibility index (Phi) is 4.95. The van der Waals surface area contributed by atoms with E-state index >= 15 is 0 Å². The fourth-order valence-electron chi connectivity index (χ4n) is 4.12. The SMILES string of the molecule is NC1CCN(C(c2ccc3nnc(-c4ccc5ccc(Br)cc5n4)n3c2)C(F)(F)F)C1. The van der Waals surface area contributed by atoms with Crippen molar-refractivity contribution in [1.82, 2.24) is 24.5 Å². The van der Waals surface area contributed by atoms with E-state index < -0.39 is 12.2 Å². The molecule has 3 aromatic heterocycles. The standard InChI is InChI=1S/C21H18BrF3N6/c22-14-4-1-12-2-5-16(27-17(12)9-14)20-29-28-18-6-3-13(10-31(18)20)19(21(23,24)25)30-8-7-15(26)11-30/h1-6,9-10,15,19H,7-8,11,26H2. The van der Waals surface area contributed by atoms with Crippen LogP contribution in [0.1, 0.15) is 18.0 Å². The summed E-state index contributed by atoms with van der Waals surface area (Å²) in [5.74, 6) is 0.387. The van der Waals surface area contributed by atoms with Gasteiger partial charge in [0.2, 0.25) is 0 Å². The van der Waals surface area contributed by atoms with E-state index in [-0.39, 0.29) is 18.2 Å². The summed E-state index contributed by atoms with van der Waals surface area (Å²) in [5, 5.41) is 9.25. The molecule has 1 aromatic carbocycles. The zero-order valence-electron chi connectivity index (χ0n) is 16.2. The van der Waals surface area contributed by atoms with Crippen molar-refractivity contribution in [3.63, 3.8) is 0 Å². The first-order valence-corrected chi connectivity index (χ1v) is 10.6. The van der Waals surface area contributed by atoms with Crippen molar-refractivity contribution in [3.8, 4) is 11.5 Å². The summed E-state index contributed by atoms with van der Waals surface area (Å²) in [7, 11) is 0. The quantitative estimate of drug-likeness (QED) is 0.462. The normalized spacial score (nSPS) is 18.8. The Bertz CT molecular complexity index is 1270. The molecule has 1 saturated heterocycles. The lowest BCUT2D eigenvalue weighted by Gasteiger charge is -2.30. The molecule has 2 N–H and O–H groups in total. The lowest BCUT2D eigenvalue weighted by molar-refractivity contribution is -0.183. The van der Waals surface area contributed by atoms with Gasteiger partial charge in [-0.3, -0.25) is 9.30 Å². The lowest BCUT2D eigenvalue weighted by Crippen LogP contribution is -2.38. The predicted molar refractivity (Wildman–Crippen MR) is 114 cm³/mol. The fraction of sp³-hybridized carbons (Fsp3) is 0.286. The van der Waals surface area contributed by atoms with E-state index in [1.165, 1.54) is 17.2 Å². The van der Waals surface area contributed by atoms with E-state index in [2.05, 4.69) is 31.1 Å². The highest BCUT2D eigenvalue weighted by molar-refractivity contribution is 9.10. The van der Waals surface area contributed by atoms with Crippen LogP contribution < -0.4 is 5.73 Å². The fourth-order valence-corrected chi connectivity index (χ4v) is 4.46. The van der Waals surface area contributed by atoms with Gasteiger partial charge in [0, 0.05) is 35.2 Å². The Labute approximate surface area is 184 Å². The van der Waals surface area contributed by atoms with Crippen LogP contribution in [0.4, 0.5) is 13.2 Å². The van der Waals surface area contributed by atoms with Crippen LogP contribution in [0, 0.1) is 0 Å². The van der Waals surface area contributed by atoms with Crippen LogP contribution in [0.15, 0.2) is 53.1 Å². The van der Waals surface area contributed by atoms with Crippen LogP contribution in [0.2, 0.25) is 0 Å². The van der Waals surface area contributed by atoms with Crippen LogP contribution in [0.25, 0.3) is 28.1 Å². The Balaban J connectivity index is 1.61. The van der Waals surface area contributed by atoms with Crippen LogP contribution in [-0.4, -0.2) is 49.8 Å². The molecule has 1 fully saturated rings. The number of nitrogens with zero attached hydrogens (tertiary/aromatic N) is 5. The Morgan fingerprint density at radius 1 is 1.10 bits per heavy atom. The molecule has 0 saturated carbocycles. The number of nitrogens with two attached hydrogens (primary N) is 1. The van der Waals surface area contributed by atoms with Crippen molar-refractivity contribution < 1.29 is 13.2 Å². The van der Waals surface area contributed by atoms with Gasteiger partial charge in [-0.15, -0.1) is 10.2 Å². The molecule has 6 nitrogen and oxygen atoms in total. The van der Waals surface area contributed by atoms with Gasteiger partial charge >= 0.3 is 6.18 Å². The molecule has 2 unspecified atom stereocenters. The molecule has 2 atom stereocenters. The Morgan fingerprint density at radius 3 is 2.65 bits per heavy atom. The van der Waals surface area contributed by atoms with Gasteiger partial charge in [-0.25, -0.2) is 4.98 Å². The maximum absolute atomic E-state index is 14.0. The topological polar surface area (TPSA) is 72.3 Å². The summed E-state index contributed by atoms with van der Waals surface area (Å²) in [6.45, 7) is 0.512. The monoisotopic (exact) mass is 490 g/mol. The van der Waals surface area contributed by atoms with Crippen molar-refractivity contribution in [1.29, 1.82) is 0 Å². The van der Waals surface area contributed by atoms with E-state index in [4.69, 9.17) is 5.73 Å². The van der Waals surface area contributed by atoms with Crippen LogP contribution in [-0.2, 0) is 0 Å². The number of benzene rings is 1. The van der Waals surface area contributed by atoms with Crippen molar-refractivity contribution in [2.75, 3.05) is 13.1 Å². The van der Waals surface area contributed by atoms with Gasteiger partial charge in [-0.05, 0) is 36.2 Å². The zero-order chi connectivity index (χ0) is 21.8. The summed E-state index contributed by atoms with van der Waals surface area (Å²) in [6.07, 6.45) is -2.43. The third-order valence-electron chi connectivity index (χ3n) is 5.56. The zero-order valence-corrected chi connectivity index (χ0v) is 17.8. The number of rotatable bonds is 3. The molecule has 0 radical (unpaired) electrons. The largest absolute Gasteiger partial charge is 0.408 e. The Hall–Kier alpha value is -2.56. The minimum atomic E-state index is -4.43. The molecule has 1 aliphatic heterocycles. The smallest absolute Gasteiger partial charge is 0.326 e. The highest BCUT2D eigenvalue weighted by Crippen LogP contribution is 2.39. The highest BCUT2D eigenvalue weighted by atomic mass is 79.9. The maximum atomic E-state index is 14.0. The molecule has 0 amide bonds. The van der Waals surface area contributed by atoms with E-state index in [0.29, 0.717) is 30.1 Å². The van der Waals surface area contributed by atoms with E-state index in [1.54, 1.807) is 16.5 Å². The van der Waals surface area contributed by atoms with E-state index in [1.807, 2.05) is 24.3 Å². The second-order valence-electron chi connectivity index (χ2n) is 7.74. The van der Waals surface area contributed by atoms with Gasteiger partial charge < -0.3 is 5.73 Å². The number of aromatic nitrogens is 4. The third kappa shape index (κ3) is 3.79. The molecule has 5 rings (SSSR count). The average Bonchev–Trinajstić information content (AvgIpc) is 3.32. The van der Waals surface area contributed by atoms with Crippen LogP contribution in [0.3, 0.4) is 0 Å². The molecule has 4 aromatic rings. The van der Waals surface area contributed by atoms with Gasteiger partial charge in [0.15, 0.2) is 11.5 Å². The third-order valence-corrected chi connectivity index (χ3v) is 6.05. The number of alkyl halides is 3. The first-order valence-electron chi connectivity index (χ1n) is 9.77. The first kappa shape index (κ1) is 20.3. The molecule has 160 valence electrons. The molecule has 31 heavy (non-hydrogen) atoms. The second-order valence-corrected chi connectivity index (χ2v) is 8.65. The predicted octanol–water partition coefficient (Wildman–Crippen LogP) is 4.34. The molecule has 4 heterocycles. The number of halogens is 4. The average molecular weight is 491 g/mol. The number of pyridine rings is 2. The van der Waals surface area contributed by atoms with Crippen LogP contribution in [0.5, 0.6) is 0 Å². The highest BCUT2D eigenvalue weighted by Gasteiger charge is 2.46. The van der Waals surface area contributed by atoms with Gasteiger partial charge in [-0.1, -0.05) is 34.1 Å². The molecule has 0 bridgehead atoms. The number of fused-ring (bicyclic) bond motifs is 2. The van der Waals surface area contributed by atoms with Crippen LogP contribution >= 0.6 is 15.9 Å². The number of hydrogen-bond acceptors (Lipinski definition) is 5. The minimum absolute atomic E-state index is 0.124. The van der Waals surface area contributed by atoms with Gasteiger partial charge in [0.1, 0.15) is 11.7 Å². The maximum Gasteiger partial charge on any atom is 0.408 e. The van der Waals surface area contributed by atoms with Crippen molar-refractivity contribution in [2.24, 2.45) is 5.73 Å². The van der Waals surface area contributed by atoms with Crippen molar-refractivity contribution >= 4 is 32.5 Å². The summed E-state index contributed by atoms with van der Waals surface area (Å²) in [6, 6.07) is 10.5. The molecular formula is C21H18BrF3N6. The van der Waals surface area contributed by atoms with Gasteiger partial charge in [-0.2, -0.15) is 13.2 Å². The number of likely N-dealkylation sites (tertiary alicyclic amines) is 1. The lowest BCUT2D eigenvalue weighted by atomic mass is 10.1. The van der Waals surface area contributed by atoms with E-state index in [0.717, 1.165) is 15.4 Å². The second kappa shape index (κ2) is 7.54. The molecule has 0 spiro atoms.